The predicted octanol–water partition coefficient (Wildman–Crippen LogP) is 0.391. The summed E-state index contributed by atoms with van der Waals surface area (Å²) in [7, 11) is 1.63. The smallest absolute Gasteiger partial charge is 0.243 e. The van der Waals surface area contributed by atoms with Gasteiger partial charge in [-0.1, -0.05) is 6.07 Å². The predicted molar refractivity (Wildman–Crippen MR) is 74.0 cm³/mol. The number of carbonyl (C=O) groups is 1. The lowest BCUT2D eigenvalue weighted by atomic mass is 10.1. The summed E-state index contributed by atoms with van der Waals surface area (Å²) in [6, 6.07) is 7.70. The van der Waals surface area contributed by atoms with E-state index >= 15 is 0 Å². The molecule has 2 rings (SSSR count). The second-order valence-corrected chi connectivity index (χ2v) is 4.66. The average Bonchev–Trinajstić information content (AvgIpc) is 2.46. The Kier molecular flexibility index (Phi) is 4.03. The Labute approximate surface area is 113 Å². The highest BCUT2D eigenvalue weighted by Gasteiger charge is 2.29. The van der Waals surface area contributed by atoms with Gasteiger partial charge in [0.05, 0.1) is 11.3 Å². The highest BCUT2D eigenvalue weighted by Crippen LogP contribution is 2.24. The van der Waals surface area contributed by atoms with E-state index in [1.54, 1.807) is 7.05 Å². The number of benzene rings is 1. The molecule has 2 N–H and O–H groups in total. The van der Waals surface area contributed by atoms with Crippen LogP contribution in [-0.2, 0) is 4.79 Å². The standard InChI is InChI=1S/C14H18N4O/c1-10-3-4-12(11(7-10)8-15)18-6-5-17-9-13(18)14(19)16-2/h3-4,7,13,17H,5-6,9H2,1-2H3,(H,16,19). The van der Waals surface area contributed by atoms with Crippen LogP contribution in [0, 0.1) is 18.3 Å². The molecule has 0 spiro atoms. The first kappa shape index (κ1) is 13.4. The van der Waals surface area contributed by atoms with Gasteiger partial charge < -0.3 is 15.5 Å². The van der Waals surface area contributed by atoms with Crippen LogP contribution in [0.3, 0.4) is 0 Å². The van der Waals surface area contributed by atoms with Crippen LogP contribution in [-0.4, -0.2) is 38.6 Å². The molecule has 19 heavy (non-hydrogen) atoms. The molecule has 1 aromatic carbocycles. The van der Waals surface area contributed by atoms with Crippen molar-refractivity contribution in [2.24, 2.45) is 0 Å². The van der Waals surface area contributed by atoms with Crippen molar-refractivity contribution in [2.75, 3.05) is 31.6 Å². The van der Waals surface area contributed by atoms with Crippen molar-refractivity contribution in [3.63, 3.8) is 0 Å². The molecule has 1 atom stereocenters. The van der Waals surface area contributed by atoms with Gasteiger partial charge in [0.2, 0.25) is 5.91 Å². The molecule has 5 nitrogen and oxygen atoms in total. The van der Waals surface area contributed by atoms with Gasteiger partial charge in [-0.15, -0.1) is 0 Å². The zero-order valence-electron chi connectivity index (χ0n) is 11.2. The summed E-state index contributed by atoms with van der Waals surface area (Å²) in [5.41, 5.74) is 2.51. The van der Waals surface area contributed by atoms with Crippen LogP contribution < -0.4 is 15.5 Å². The molecule has 1 amide bonds. The molecule has 1 fully saturated rings. The van der Waals surface area contributed by atoms with Crippen molar-refractivity contribution in [3.05, 3.63) is 29.3 Å². The second-order valence-electron chi connectivity index (χ2n) is 4.66. The minimum absolute atomic E-state index is 0.0309. The van der Waals surface area contributed by atoms with Gasteiger partial charge in [-0.25, -0.2) is 0 Å². The van der Waals surface area contributed by atoms with Gasteiger partial charge >= 0.3 is 0 Å². The number of hydrogen-bond acceptors (Lipinski definition) is 4. The normalized spacial score (nSPS) is 18.8. The average molecular weight is 258 g/mol. The molecule has 0 bridgehead atoms. The Morgan fingerprint density at radius 3 is 3.05 bits per heavy atom. The summed E-state index contributed by atoms with van der Waals surface area (Å²) in [6.07, 6.45) is 0. The van der Waals surface area contributed by atoms with Crippen LogP contribution >= 0.6 is 0 Å². The summed E-state index contributed by atoms with van der Waals surface area (Å²) in [6.45, 7) is 4.08. The minimum atomic E-state index is -0.270. The summed E-state index contributed by atoms with van der Waals surface area (Å²) >= 11 is 0. The highest BCUT2D eigenvalue weighted by molar-refractivity contribution is 5.86. The monoisotopic (exact) mass is 258 g/mol. The quantitative estimate of drug-likeness (QED) is 0.805. The van der Waals surface area contributed by atoms with E-state index in [0.717, 1.165) is 24.3 Å². The van der Waals surface area contributed by atoms with E-state index in [4.69, 9.17) is 0 Å². The number of anilines is 1. The van der Waals surface area contributed by atoms with Crippen molar-refractivity contribution in [1.82, 2.24) is 10.6 Å². The van der Waals surface area contributed by atoms with Crippen molar-refractivity contribution in [1.29, 1.82) is 5.26 Å². The first-order valence-electron chi connectivity index (χ1n) is 6.37. The molecule has 1 saturated heterocycles. The van der Waals surface area contributed by atoms with Gasteiger partial charge in [-0.3, -0.25) is 4.79 Å². The number of carbonyl (C=O) groups excluding carboxylic acids is 1. The number of piperazine rings is 1. The Hall–Kier alpha value is -2.06. The van der Waals surface area contributed by atoms with Crippen LogP contribution in [0.5, 0.6) is 0 Å². The lowest BCUT2D eigenvalue weighted by molar-refractivity contribution is -0.122. The Morgan fingerprint density at radius 1 is 1.58 bits per heavy atom. The van der Waals surface area contributed by atoms with Crippen LogP contribution in [0.2, 0.25) is 0 Å². The summed E-state index contributed by atoms with van der Waals surface area (Å²) in [5, 5.41) is 15.2. The number of nitrogens with one attached hydrogen (secondary N) is 2. The van der Waals surface area contributed by atoms with E-state index in [2.05, 4.69) is 16.7 Å². The fraction of sp³-hybridized carbons (Fsp3) is 0.429. The largest absolute Gasteiger partial charge is 0.357 e. The fourth-order valence-corrected chi connectivity index (χ4v) is 2.38. The fourth-order valence-electron chi connectivity index (χ4n) is 2.38. The maximum atomic E-state index is 11.9. The number of nitrogens with zero attached hydrogens (tertiary/aromatic N) is 2. The van der Waals surface area contributed by atoms with Gasteiger partial charge in [0.25, 0.3) is 0 Å². The van der Waals surface area contributed by atoms with E-state index < -0.39 is 0 Å². The lowest BCUT2D eigenvalue weighted by Gasteiger charge is -2.37. The third-order valence-corrected chi connectivity index (χ3v) is 3.37. The molecule has 1 aliphatic heterocycles. The van der Waals surface area contributed by atoms with Gasteiger partial charge in [0, 0.05) is 26.7 Å². The molecule has 1 aliphatic rings. The Balaban J connectivity index is 2.38. The molecule has 1 heterocycles. The number of hydrogen-bond donors (Lipinski definition) is 2. The van der Waals surface area contributed by atoms with Crippen molar-refractivity contribution >= 4 is 11.6 Å². The number of nitriles is 1. The van der Waals surface area contributed by atoms with Crippen LogP contribution in [0.4, 0.5) is 5.69 Å². The minimum Gasteiger partial charge on any atom is -0.357 e. The van der Waals surface area contributed by atoms with Crippen LogP contribution in [0.25, 0.3) is 0 Å². The van der Waals surface area contributed by atoms with Crippen molar-refractivity contribution in [3.8, 4) is 6.07 Å². The molecule has 5 heteroatoms. The molecule has 1 unspecified atom stereocenters. The van der Waals surface area contributed by atoms with E-state index in [-0.39, 0.29) is 11.9 Å². The number of likely N-dealkylation sites (N-methyl/N-ethyl adjacent to an activating group) is 1. The number of amides is 1. The molecular weight excluding hydrogens is 240 g/mol. The number of aryl methyl sites for hydroxylation is 1. The van der Waals surface area contributed by atoms with E-state index in [0.29, 0.717) is 12.1 Å². The van der Waals surface area contributed by atoms with Gasteiger partial charge in [0.15, 0.2) is 0 Å². The SMILES string of the molecule is CNC(=O)C1CNCCN1c1ccc(C)cc1C#N. The zero-order valence-corrected chi connectivity index (χ0v) is 11.2. The van der Waals surface area contributed by atoms with E-state index in [9.17, 15) is 10.1 Å². The molecule has 0 aromatic heterocycles. The van der Waals surface area contributed by atoms with Gasteiger partial charge in [0.1, 0.15) is 12.1 Å². The molecule has 0 aliphatic carbocycles. The Morgan fingerprint density at radius 2 is 2.37 bits per heavy atom. The van der Waals surface area contributed by atoms with Crippen LogP contribution in [0.15, 0.2) is 18.2 Å². The molecule has 1 aromatic rings. The molecular formula is C14H18N4O. The third kappa shape index (κ3) is 2.69. The third-order valence-electron chi connectivity index (χ3n) is 3.37. The van der Waals surface area contributed by atoms with Crippen molar-refractivity contribution < 1.29 is 4.79 Å². The van der Waals surface area contributed by atoms with Gasteiger partial charge in [-0.05, 0) is 24.6 Å². The van der Waals surface area contributed by atoms with Crippen molar-refractivity contribution in [2.45, 2.75) is 13.0 Å². The van der Waals surface area contributed by atoms with Crippen LogP contribution in [0.1, 0.15) is 11.1 Å². The molecule has 100 valence electrons. The Bertz CT molecular complexity index is 521. The summed E-state index contributed by atoms with van der Waals surface area (Å²) in [4.78, 5) is 13.9. The topological polar surface area (TPSA) is 68.2 Å². The first-order valence-corrected chi connectivity index (χ1v) is 6.37. The summed E-state index contributed by atoms with van der Waals surface area (Å²) < 4.78 is 0. The second kappa shape index (κ2) is 5.72. The first-order chi connectivity index (χ1) is 9.17. The maximum Gasteiger partial charge on any atom is 0.243 e. The van der Waals surface area contributed by atoms with E-state index in [1.807, 2.05) is 30.0 Å². The maximum absolute atomic E-state index is 11.9. The van der Waals surface area contributed by atoms with Gasteiger partial charge in [-0.2, -0.15) is 5.26 Å². The molecule has 0 radical (unpaired) electrons. The summed E-state index contributed by atoms with van der Waals surface area (Å²) in [5.74, 6) is -0.0309. The molecule has 0 saturated carbocycles. The number of rotatable bonds is 2. The zero-order chi connectivity index (χ0) is 13.8. The highest BCUT2D eigenvalue weighted by atomic mass is 16.2. The lowest BCUT2D eigenvalue weighted by Crippen LogP contribution is -2.57. The van der Waals surface area contributed by atoms with E-state index in [1.165, 1.54) is 0 Å².